The first-order chi connectivity index (χ1) is 11.5. The van der Waals surface area contributed by atoms with E-state index in [1.807, 2.05) is 25.1 Å². The highest BCUT2D eigenvalue weighted by atomic mass is 35.5. The predicted octanol–water partition coefficient (Wildman–Crippen LogP) is 5.11. The van der Waals surface area contributed by atoms with Crippen molar-refractivity contribution in [2.45, 2.75) is 19.8 Å². The van der Waals surface area contributed by atoms with Gasteiger partial charge in [-0.25, -0.2) is 0 Å². The summed E-state index contributed by atoms with van der Waals surface area (Å²) in [5.74, 6) is 1.10. The van der Waals surface area contributed by atoms with Crippen molar-refractivity contribution in [1.82, 2.24) is 0 Å². The number of benzene rings is 2. The van der Waals surface area contributed by atoms with Crippen LogP contribution in [0.4, 0.5) is 5.69 Å². The van der Waals surface area contributed by atoms with Crippen LogP contribution in [-0.4, -0.2) is 19.6 Å². The van der Waals surface area contributed by atoms with Gasteiger partial charge in [-0.2, -0.15) is 0 Å². The fourth-order valence-corrected chi connectivity index (χ4v) is 2.60. The predicted molar refractivity (Wildman–Crippen MR) is 97.6 cm³/mol. The number of methoxy groups -OCH3 is 1. The van der Waals surface area contributed by atoms with Crippen LogP contribution in [0.1, 0.15) is 18.4 Å². The van der Waals surface area contributed by atoms with Crippen molar-refractivity contribution in [3.63, 3.8) is 0 Å². The zero-order valence-electron chi connectivity index (χ0n) is 13.6. The molecule has 0 aliphatic heterocycles. The maximum Gasteiger partial charge on any atom is 0.224 e. The quantitative estimate of drug-likeness (QED) is 0.691. The van der Waals surface area contributed by atoms with Crippen molar-refractivity contribution < 1.29 is 14.3 Å². The summed E-state index contributed by atoms with van der Waals surface area (Å²) in [5.41, 5.74) is 1.72. The molecule has 2 rings (SSSR count). The van der Waals surface area contributed by atoms with Crippen LogP contribution < -0.4 is 14.8 Å². The monoisotopic (exact) mass is 367 g/mol. The van der Waals surface area contributed by atoms with Gasteiger partial charge in [0.1, 0.15) is 11.5 Å². The van der Waals surface area contributed by atoms with E-state index in [2.05, 4.69) is 5.32 Å². The first-order valence-electron chi connectivity index (χ1n) is 7.52. The molecule has 0 radical (unpaired) electrons. The molecule has 0 spiro atoms. The lowest BCUT2D eigenvalue weighted by Crippen LogP contribution is -2.13. The largest absolute Gasteiger partial charge is 0.495 e. The zero-order valence-corrected chi connectivity index (χ0v) is 15.1. The Labute approximate surface area is 151 Å². The minimum atomic E-state index is -0.0929. The lowest BCUT2D eigenvalue weighted by Gasteiger charge is -2.11. The molecule has 0 heterocycles. The third-order valence-electron chi connectivity index (χ3n) is 3.33. The molecule has 0 fully saturated rings. The summed E-state index contributed by atoms with van der Waals surface area (Å²) in [6.07, 6.45) is 0.904. The molecule has 4 nitrogen and oxygen atoms in total. The summed E-state index contributed by atoms with van der Waals surface area (Å²) in [5, 5.41) is 3.87. The lowest BCUT2D eigenvalue weighted by atomic mass is 10.2. The second kappa shape index (κ2) is 8.81. The van der Waals surface area contributed by atoms with E-state index in [0.29, 0.717) is 46.7 Å². The van der Waals surface area contributed by atoms with E-state index >= 15 is 0 Å². The third kappa shape index (κ3) is 5.32. The van der Waals surface area contributed by atoms with Crippen molar-refractivity contribution in [3.8, 4) is 11.5 Å². The van der Waals surface area contributed by atoms with Crippen LogP contribution in [0, 0.1) is 6.92 Å². The zero-order chi connectivity index (χ0) is 17.5. The molecule has 0 saturated heterocycles. The maximum atomic E-state index is 12.0. The molecule has 0 aromatic heterocycles. The first-order valence-corrected chi connectivity index (χ1v) is 8.27. The molecule has 128 valence electrons. The molecule has 0 saturated carbocycles. The lowest BCUT2D eigenvalue weighted by molar-refractivity contribution is -0.116. The number of aryl methyl sites for hydroxylation is 1. The van der Waals surface area contributed by atoms with Crippen LogP contribution in [-0.2, 0) is 4.79 Å². The second-order valence-electron chi connectivity index (χ2n) is 5.28. The Hall–Kier alpha value is -1.91. The minimum absolute atomic E-state index is 0.0929. The Bertz CT molecular complexity index is 719. The van der Waals surface area contributed by atoms with Gasteiger partial charge < -0.3 is 14.8 Å². The topological polar surface area (TPSA) is 47.6 Å². The molecule has 0 aliphatic rings. The summed E-state index contributed by atoms with van der Waals surface area (Å²) in [7, 11) is 1.57. The van der Waals surface area contributed by atoms with Gasteiger partial charge in [0.05, 0.1) is 24.4 Å². The number of hydrogen-bond donors (Lipinski definition) is 1. The number of hydrogen-bond acceptors (Lipinski definition) is 3. The van der Waals surface area contributed by atoms with Gasteiger partial charge in [-0.15, -0.1) is 0 Å². The van der Waals surface area contributed by atoms with Gasteiger partial charge in [0.15, 0.2) is 0 Å². The van der Waals surface area contributed by atoms with Crippen LogP contribution >= 0.6 is 23.2 Å². The number of amides is 1. The summed E-state index contributed by atoms with van der Waals surface area (Å²) in [4.78, 5) is 12.0. The van der Waals surface area contributed by atoms with E-state index in [9.17, 15) is 4.79 Å². The Morgan fingerprint density at radius 1 is 1.12 bits per heavy atom. The molecule has 0 unspecified atom stereocenters. The fourth-order valence-electron chi connectivity index (χ4n) is 2.14. The van der Waals surface area contributed by atoms with Crippen molar-refractivity contribution in [2.24, 2.45) is 0 Å². The number of anilines is 1. The number of carbonyl (C=O) groups is 1. The average Bonchev–Trinajstić information content (AvgIpc) is 2.53. The van der Waals surface area contributed by atoms with E-state index in [0.717, 1.165) is 5.56 Å². The third-order valence-corrected chi connectivity index (χ3v) is 3.86. The molecule has 0 bridgehead atoms. The standard InChI is InChI=1S/C18H19Cl2NO3/c1-12-5-7-17(23-2)15(10-12)21-18(22)4-3-9-24-16-8-6-13(19)11-14(16)20/h5-8,10-11H,3-4,9H2,1-2H3,(H,21,22). The van der Waals surface area contributed by atoms with Crippen molar-refractivity contribution in [3.05, 3.63) is 52.0 Å². The van der Waals surface area contributed by atoms with E-state index < -0.39 is 0 Å². The number of halogens is 2. The van der Waals surface area contributed by atoms with E-state index in [1.54, 1.807) is 25.3 Å². The Morgan fingerprint density at radius 3 is 2.58 bits per heavy atom. The normalized spacial score (nSPS) is 10.3. The van der Waals surface area contributed by atoms with Gasteiger partial charge in [0.2, 0.25) is 5.91 Å². The van der Waals surface area contributed by atoms with Crippen molar-refractivity contribution >= 4 is 34.8 Å². The number of carbonyl (C=O) groups excluding carboxylic acids is 1. The molecule has 0 aliphatic carbocycles. The van der Waals surface area contributed by atoms with E-state index in [1.165, 1.54) is 0 Å². The molecule has 6 heteroatoms. The second-order valence-corrected chi connectivity index (χ2v) is 6.12. The van der Waals surface area contributed by atoms with Crippen LogP contribution in [0.3, 0.4) is 0 Å². The number of rotatable bonds is 7. The molecule has 2 aromatic carbocycles. The number of nitrogens with one attached hydrogen (secondary N) is 1. The van der Waals surface area contributed by atoms with Crippen LogP contribution in [0.15, 0.2) is 36.4 Å². The molecule has 1 amide bonds. The SMILES string of the molecule is COc1ccc(C)cc1NC(=O)CCCOc1ccc(Cl)cc1Cl. The van der Waals surface area contributed by atoms with Gasteiger partial charge >= 0.3 is 0 Å². The fraction of sp³-hybridized carbons (Fsp3) is 0.278. The van der Waals surface area contributed by atoms with Crippen molar-refractivity contribution in [1.29, 1.82) is 0 Å². The Balaban J connectivity index is 1.80. The van der Waals surface area contributed by atoms with E-state index in [4.69, 9.17) is 32.7 Å². The average molecular weight is 368 g/mol. The summed E-state index contributed by atoms with van der Waals surface area (Å²) >= 11 is 11.9. The minimum Gasteiger partial charge on any atom is -0.495 e. The van der Waals surface area contributed by atoms with Gasteiger partial charge in [-0.05, 0) is 49.2 Å². The Morgan fingerprint density at radius 2 is 1.88 bits per heavy atom. The van der Waals surface area contributed by atoms with Crippen LogP contribution in [0.25, 0.3) is 0 Å². The Kier molecular flexibility index (Phi) is 6.76. The smallest absolute Gasteiger partial charge is 0.224 e. The first kappa shape index (κ1) is 18.4. The van der Waals surface area contributed by atoms with E-state index in [-0.39, 0.29) is 5.91 Å². The van der Waals surface area contributed by atoms with Gasteiger partial charge in [-0.3, -0.25) is 4.79 Å². The van der Waals surface area contributed by atoms with Crippen LogP contribution in [0.2, 0.25) is 10.0 Å². The highest BCUT2D eigenvalue weighted by molar-refractivity contribution is 6.35. The van der Waals surface area contributed by atoms with Crippen molar-refractivity contribution in [2.75, 3.05) is 19.0 Å². The molecule has 2 aromatic rings. The molecular formula is C18H19Cl2NO3. The van der Waals surface area contributed by atoms with Gasteiger partial charge in [0.25, 0.3) is 0 Å². The maximum absolute atomic E-state index is 12.0. The number of ether oxygens (including phenoxy) is 2. The summed E-state index contributed by atoms with van der Waals surface area (Å²) in [6, 6.07) is 10.7. The van der Waals surface area contributed by atoms with Crippen LogP contribution in [0.5, 0.6) is 11.5 Å². The van der Waals surface area contributed by atoms with Gasteiger partial charge in [0, 0.05) is 11.4 Å². The highest BCUT2D eigenvalue weighted by Crippen LogP contribution is 2.28. The molecular weight excluding hydrogens is 349 g/mol. The highest BCUT2D eigenvalue weighted by Gasteiger charge is 2.08. The molecule has 1 N–H and O–H groups in total. The van der Waals surface area contributed by atoms with Gasteiger partial charge in [-0.1, -0.05) is 29.3 Å². The molecule has 0 atom stereocenters. The molecule has 24 heavy (non-hydrogen) atoms. The summed E-state index contributed by atoms with van der Waals surface area (Å²) in [6.45, 7) is 2.35. The summed E-state index contributed by atoms with van der Waals surface area (Å²) < 4.78 is 10.8.